The zero-order chi connectivity index (χ0) is 12.4. The fourth-order valence-corrected chi connectivity index (χ4v) is 2.32. The minimum atomic E-state index is -0.204. The highest BCUT2D eigenvalue weighted by molar-refractivity contribution is 7.80. The van der Waals surface area contributed by atoms with Crippen molar-refractivity contribution in [1.29, 1.82) is 0 Å². The van der Waals surface area contributed by atoms with Gasteiger partial charge in [-0.2, -0.15) is 0 Å². The van der Waals surface area contributed by atoms with Crippen LogP contribution in [-0.4, -0.2) is 4.99 Å². The van der Waals surface area contributed by atoms with Gasteiger partial charge in [0.1, 0.15) is 10.7 Å². The van der Waals surface area contributed by atoms with E-state index in [4.69, 9.17) is 17.0 Å². The highest BCUT2D eigenvalue weighted by atomic mass is 32.1. The van der Waals surface area contributed by atoms with Gasteiger partial charge in [-0.25, -0.2) is 0 Å². The van der Waals surface area contributed by atoms with Crippen molar-refractivity contribution in [3.63, 3.8) is 0 Å². The van der Waals surface area contributed by atoms with Gasteiger partial charge in [0.15, 0.2) is 6.10 Å². The van der Waals surface area contributed by atoms with E-state index in [1.165, 1.54) is 0 Å². The molecule has 0 saturated carbocycles. The molecule has 18 heavy (non-hydrogen) atoms. The molecule has 1 aliphatic rings. The Morgan fingerprint density at radius 1 is 1.00 bits per heavy atom. The fourth-order valence-electron chi connectivity index (χ4n) is 2.07. The van der Waals surface area contributed by atoms with E-state index in [2.05, 4.69) is 11.4 Å². The molecular weight excluding hydrogens is 242 g/mol. The lowest BCUT2D eigenvalue weighted by molar-refractivity contribution is 0.275. The summed E-state index contributed by atoms with van der Waals surface area (Å²) in [5, 5.41) is 3.26. The van der Waals surface area contributed by atoms with Crippen LogP contribution in [0, 0.1) is 0 Å². The third kappa shape index (κ3) is 2.09. The van der Waals surface area contributed by atoms with E-state index >= 15 is 0 Å². The zero-order valence-corrected chi connectivity index (χ0v) is 10.6. The predicted octanol–water partition coefficient (Wildman–Crippen LogP) is 3.24. The molecule has 0 saturated heterocycles. The number of hydrogen-bond acceptors (Lipinski definition) is 2. The zero-order valence-electron chi connectivity index (χ0n) is 9.80. The van der Waals surface area contributed by atoms with Crippen LogP contribution in [0.4, 0.5) is 0 Å². The monoisotopic (exact) mass is 255 g/mol. The van der Waals surface area contributed by atoms with E-state index in [9.17, 15) is 0 Å². The van der Waals surface area contributed by atoms with Gasteiger partial charge in [-0.05, 0) is 11.6 Å². The van der Waals surface area contributed by atoms with Crippen molar-refractivity contribution in [2.45, 2.75) is 12.6 Å². The molecule has 2 aromatic rings. The first-order chi connectivity index (χ1) is 8.84. The molecule has 3 rings (SSSR count). The number of thiocarbonyl (C=S) groups is 1. The third-order valence-corrected chi connectivity index (χ3v) is 3.37. The summed E-state index contributed by atoms with van der Waals surface area (Å²) < 4.78 is 6.05. The van der Waals surface area contributed by atoms with E-state index in [0.717, 1.165) is 28.4 Å². The molecule has 0 bridgehead atoms. The molecule has 2 aromatic carbocycles. The smallest absolute Gasteiger partial charge is 0.173 e. The van der Waals surface area contributed by atoms with Crippen molar-refractivity contribution in [3.05, 3.63) is 65.7 Å². The molecule has 0 spiro atoms. The summed E-state index contributed by atoms with van der Waals surface area (Å²) in [6.07, 6.45) is -0.204. The van der Waals surface area contributed by atoms with E-state index in [0.29, 0.717) is 0 Å². The van der Waals surface area contributed by atoms with Crippen molar-refractivity contribution in [1.82, 2.24) is 5.32 Å². The van der Waals surface area contributed by atoms with Gasteiger partial charge in [-0.15, -0.1) is 0 Å². The minimum Gasteiger partial charge on any atom is -0.478 e. The molecule has 1 heterocycles. The molecule has 1 aliphatic heterocycles. The summed E-state index contributed by atoms with van der Waals surface area (Å²) in [4.78, 5) is 0.734. The van der Waals surface area contributed by atoms with Gasteiger partial charge in [0.25, 0.3) is 0 Å². The number of rotatable bonds is 1. The molecule has 0 aromatic heterocycles. The molecule has 2 nitrogen and oxygen atoms in total. The van der Waals surface area contributed by atoms with Crippen LogP contribution in [-0.2, 0) is 6.54 Å². The molecule has 3 heteroatoms. The number of benzene rings is 2. The SMILES string of the molecule is S=C1NCc2ccccc2OC1c1ccccc1. The van der Waals surface area contributed by atoms with Crippen LogP contribution in [0.3, 0.4) is 0 Å². The van der Waals surface area contributed by atoms with Crippen LogP contribution >= 0.6 is 12.2 Å². The average Bonchev–Trinajstić information content (AvgIpc) is 2.60. The third-order valence-electron chi connectivity index (χ3n) is 3.01. The fraction of sp³-hybridized carbons (Fsp3) is 0.133. The van der Waals surface area contributed by atoms with Gasteiger partial charge in [-0.3, -0.25) is 0 Å². The van der Waals surface area contributed by atoms with Crippen molar-refractivity contribution in [2.75, 3.05) is 0 Å². The highest BCUT2D eigenvalue weighted by Gasteiger charge is 2.23. The normalized spacial score (nSPS) is 18.2. The number of hydrogen-bond donors (Lipinski definition) is 1. The summed E-state index contributed by atoms with van der Waals surface area (Å²) in [5.74, 6) is 0.902. The van der Waals surface area contributed by atoms with Crippen LogP contribution in [0.1, 0.15) is 17.2 Å². The van der Waals surface area contributed by atoms with Gasteiger partial charge in [-0.1, -0.05) is 60.7 Å². The summed E-state index contributed by atoms with van der Waals surface area (Å²) in [5.41, 5.74) is 2.21. The summed E-state index contributed by atoms with van der Waals surface area (Å²) in [7, 11) is 0. The number of nitrogens with one attached hydrogen (secondary N) is 1. The molecular formula is C15H13NOS. The summed E-state index contributed by atoms with van der Waals surface area (Å²) >= 11 is 5.41. The minimum absolute atomic E-state index is 0.204. The van der Waals surface area contributed by atoms with Gasteiger partial charge in [0, 0.05) is 12.1 Å². The Labute approximate surface area is 112 Å². The first kappa shape index (κ1) is 11.2. The Kier molecular flexibility index (Phi) is 2.99. The lowest BCUT2D eigenvalue weighted by Crippen LogP contribution is -2.27. The van der Waals surface area contributed by atoms with Crippen LogP contribution in [0.25, 0.3) is 0 Å². The van der Waals surface area contributed by atoms with E-state index in [1.807, 2.05) is 48.5 Å². The Morgan fingerprint density at radius 2 is 1.72 bits per heavy atom. The number of para-hydroxylation sites is 1. The van der Waals surface area contributed by atoms with Crippen LogP contribution in [0.5, 0.6) is 5.75 Å². The standard InChI is InChI=1S/C15H13NOS/c18-15-14(11-6-2-1-3-7-11)17-13-9-5-4-8-12(13)10-16-15/h1-9,14H,10H2,(H,16,18). The predicted molar refractivity (Wildman–Crippen MR) is 75.7 cm³/mol. The maximum Gasteiger partial charge on any atom is 0.173 e. The second-order valence-corrected chi connectivity index (χ2v) is 4.67. The lowest BCUT2D eigenvalue weighted by Gasteiger charge is -2.18. The molecule has 0 amide bonds. The number of ether oxygens (including phenoxy) is 1. The van der Waals surface area contributed by atoms with Crippen molar-refractivity contribution < 1.29 is 4.74 Å². The second-order valence-electron chi connectivity index (χ2n) is 4.23. The maximum atomic E-state index is 6.05. The summed E-state index contributed by atoms with van der Waals surface area (Å²) in [6.45, 7) is 0.721. The molecule has 0 fully saturated rings. The molecule has 0 radical (unpaired) electrons. The average molecular weight is 255 g/mol. The molecule has 0 aliphatic carbocycles. The Bertz CT molecular complexity index is 568. The Balaban J connectivity index is 1.99. The van der Waals surface area contributed by atoms with Crippen molar-refractivity contribution >= 4 is 17.2 Å². The highest BCUT2D eigenvalue weighted by Crippen LogP contribution is 2.28. The lowest BCUT2D eigenvalue weighted by atomic mass is 10.1. The second kappa shape index (κ2) is 4.78. The molecule has 90 valence electrons. The van der Waals surface area contributed by atoms with Gasteiger partial charge < -0.3 is 10.1 Å². The quantitative estimate of drug-likeness (QED) is 0.790. The van der Waals surface area contributed by atoms with E-state index < -0.39 is 0 Å². The van der Waals surface area contributed by atoms with Crippen molar-refractivity contribution in [2.24, 2.45) is 0 Å². The molecule has 1 unspecified atom stereocenters. The first-order valence-corrected chi connectivity index (χ1v) is 6.32. The van der Waals surface area contributed by atoms with Crippen LogP contribution < -0.4 is 10.1 Å². The topological polar surface area (TPSA) is 21.3 Å². The first-order valence-electron chi connectivity index (χ1n) is 5.92. The van der Waals surface area contributed by atoms with Crippen molar-refractivity contribution in [3.8, 4) is 5.75 Å². The van der Waals surface area contributed by atoms with Gasteiger partial charge >= 0.3 is 0 Å². The van der Waals surface area contributed by atoms with Gasteiger partial charge in [0.2, 0.25) is 0 Å². The van der Waals surface area contributed by atoms with Gasteiger partial charge in [0.05, 0.1) is 0 Å². The van der Waals surface area contributed by atoms with E-state index in [1.54, 1.807) is 0 Å². The maximum absolute atomic E-state index is 6.05. The van der Waals surface area contributed by atoms with Crippen LogP contribution in [0.15, 0.2) is 54.6 Å². The molecule has 1 N–H and O–H groups in total. The Hall–Kier alpha value is -1.87. The number of fused-ring (bicyclic) bond motifs is 1. The summed E-state index contributed by atoms with van der Waals surface area (Å²) in [6, 6.07) is 18.1. The molecule has 1 atom stereocenters. The Morgan fingerprint density at radius 3 is 2.56 bits per heavy atom. The van der Waals surface area contributed by atoms with Crippen LogP contribution in [0.2, 0.25) is 0 Å². The van der Waals surface area contributed by atoms with E-state index in [-0.39, 0.29) is 6.10 Å². The largest absolute Gasteiger partial charge is 0.478 e.